The maximum absolute atomic E-state index is 5.97. The van der Waals surface area contributed by atoms with E-state index in [0.29, 0.717) is 12.1 Å². The number of benzene rings is 1. The summed E-state index contributed by atoms with van der Waals surface area (Å²) >= 11 is 0. The number of nitrogens with zero attached hydrogens (tertiary/aromatic N) is 1. The van der Waals surface area contributed by atoms with E-state index in [1.165, 1.54) is 50.0 Å². The van der Waals surface area contributed by atoms with Crippen molar-refractivity contribution < 1.29 is 0 Å². The van der Waals surface area contributed by atoms with Gasteiger partial charge in [0.2, 0.25) is 0 Å². The van der Waals surface area contributed by atoms with Gasteiger partial charge in [-0.05, 0) is 69.3 Å². The minimum atomic E-state index is 0.426. The maximum Gasteiger partial charge on any atom is 0.0345 e. The minimum Gasteiger partial charge on any atom is -0.382 e. The fraction of sp³-hybridized carbons (Fsp3) is 0.647. The normalized spacial score (nSPS) is 27.6. The highest BCUT2D eigenvalue weighted by Crippen LogP contribution is 2.22. The van der Waals surface area contributed by atoms with Crippen molar-refractivity contribution in [1.29, 1.82) is 0 Å². The van der Waals surface area contributed by atoms with Crippen molar-refractivity contribution in [2.45, 2.75) is 57.2 Å². The Bertz CT molecular complexity index is 418. The summed E-state index contributed by atoms with van der Waals surface area (Å²) < 4.78 is 0. The van der Waals surface area contributed by atoms with Gasteiger partial charge in [0, 0.05) is 24.3 Å². The zero-order chi connectivity index (χ0) is 13.8. The molecule has 1 heterocycles. The van der Waals surface area contributed by atoms with Gasteiger partial charge < -0.3 is 11.1 Å². The van der Waals surface area contributed by atoms with Crippen molar-refractivity contribution >= 4 is 5.69 Å². The van der Waals surface area contributed by atoms with Gasteiger partial charge in [-0.15, -0.1) is 0 Å². The zero-order valence-corrected chi connectivity index (χ0v) is 12.4. The molecule has 1 aromatic rings. The summed E-state index contributed by atoms with van der Waals surface area (Å²) in [5.74, 6) is 0. The Kier molecular flexibility index (Phi) is 4.58. The highest BCUT2D eigenvalue weighted by molar-refractivity contribution is 5.46. The molecule has 110 valence electrons. The summed E-state index contributed by atoms with van der Waals surface area (Å²) in [6, 6.07) is 9.99. The third-order valence-corrected chi connectivity index (χ3v) is 4.67. The highest BCUT2D eigenvalue weighted by Gasteiger charge is 2.18. The third-order valence-electron chi connectivity index (χ3n) is 4.67. The Morgan fingerprint density at radius 1 is 1.10 bits per heavy atom. The Balaban J connectivity index is 1.56. The summed E-state index contributed by atoms with van der Waals surface area (Å²) in [6.45, 7) is 3.63. The molecule has 3 heteroatoms. The third kappa shape index (κ3) is 3.74. The zero-order valence-electron chi connectivity index (χ0n) is 12.4. The van der Waals surface area contributed by atoms with Gasteiger partial charge in [-0.2, -0.15) is 0 Å². The molecule has 0 bridgehead atoms. The molecular formula is C17H27N3. The Morgan fingerprint density at radius 2 is 1.85 bits per heavy atom. The van der Waals surface area contributed by atoms with Crippen LogP contribution in [0.3, 0.4) is 0 Å². The van der Waals surface area contributed by atoms with Crippen molar-refractivity contribution in [3.05, 3.63) is 29.8 Å². The summed E-state index contributed by atoms with van der Waals surface area (Å²) in [5, 5.41) is 3.69. The minimum absolute atomic E-state index is 0.426. The van der Waals surface area contributed by atoms with E-state index in [4.69, 9.17) is 5.73 Å². The molecule has 3 rings (SSSR count). The lowest BCUT2D eigenvalue weighted by Crippen LogP contribution is -2.32. The van der Waals surface area contributed by atoms with E-state index in [-0.39, 0.29) is 0 Å². The molecule has 0 spiro atoms. The van der Waals surface area contributed by atoms with E-state index >= 15 is 0 Å². The van der Waals surface area contributed by atoms with E-state index in [0.717, 1.165) is 19.4 Å². The number of nitrogens with one attached hydrogen (secondary N) is 1. The molecule has 1 aliphatic carbocycles. The second-order valence-electron chi connectivity index (χ2n) is 6.44. The number of anilines is 1. The molecule has 0 amide bonds. The molecule has 0 atom stereocenters. The smallest absolute Gasteiger partial charge is 0.0345 e. The number of rotatable bonds is 4. The topological polar surface area (TPSA) is 41.3 Å². The van der Waals surface area contributed by atoms with Gasteiger partial charge in [-0.1, -0.05) is 12.1 Å². The standard InChI is InChI=1S/C17H27N3/c18-15-6-8-16(9-7-15)19-17-5-3-4-14(12-17)13-20-10-1-2-11-20/h3-5,12,15-16,19H,1-2,6-11,13,18H2. The molecule has 0 unspecified atom stereocenters. The average Bonchev–Trinajstić information content (AvgIpc) is 2.95. The van der Waals surface area contributed by atoms with E-state index < -0.39 is 0 Å². The lowest BCUT2D eigenvalue weighted by atomic mass is 9.91. The van der Waals surface area contributed by atoms with Crippen molar-refractivity contribution in [2.24, 2.45) is 5.73 Å². The van der Waals surface area contributed by atoms with Gasteiger partial charge in [-0.25, -0.2) is 0 Å². The van der Waals surface area contributed by atoms with Crippen LogP contribution in [-0.2, 0) is 6.54 Å². The van der Waals surface area contributed by atoms with E-state index in [1.54, 1.807) is 0 Å². The largest absolute Gasteiger partial charge is 0.382 e. The molecule has 1 aliphatic heterocycles. The van der Waals surface area contributed by atoms with Crippen molar-refractivity contribution in [3.8, 4) is 0 Å². The summed E-state index contributed by atoms with van der Waals surface area (Å²) in [5.41, 5.74) is 8.69. The molecule has 1 saturated heterocycles. The SMILES string of the molecule is NC1CCC(Nc2cccc(CN3CCCC3)c2)CC1. The summed E-state index contributed by atoms with van der Waals surface area (Å²) in [6.07, 6.45) is 7.45. The molecule has 20 heavy (non-hydrogen) atoms. The second kappa shape index (κ2) is 6.59. The predicted octanol–water partition coefficient (Wildman–Crippen LogP) is 2.96. The molecule has 1 aromatic carbocycles. The average molecular weight is 273 g/mol. The first-order valence-corrected chi connectivity index (χ1v) is 8.13. The van der Waals surface area contributed by atoms with E-state index in [1.807, 2.05) is 0 Å². The molecular weight excluding hydrogens is 246 g/mol. The molecule has 0 aromatic heterocycles. The molecule has 3 nitrogen and oxygen atoms in total. The number of nitrogens with two attached hydrogens (primary N) is 1. The Morgan fingerprint density at radius 3 is 2.60 bits per heavy atom. The summed E-state index contributed by atoms with van der Waals surface area (Å²) in [4.78, 5) is 2.55. The quantitative estimate of drug-likeness (QED) is 0.886. The second-order valence-corrected chi connectivity index (χ2v) is 6.44. The Hall–Kier alpha value is -1.06. The molecule has 1 saturated carbocycles. The molecule has 3 N–H and O–H groups in total. The van der Waals surface area contributed by atoms with Crippen molar-refractivity contribution in [2.75, 3.05) is 18.4 Å². The fourth-order valence-corrected chi connectivity index (χ4v) is 3.46. The molecule has 2 fully saturated rings. The first-order valence-electron chi connectivity index (χ1n) is 8.13. The van der Waals surface area contributed by atoms with Crippen LogP contribution in [0.25, 0.3) is 0 Å². The van der Waals surface area contributed by atoms with E-state index in [9.17, 15) is 0 Å². The summed E-state index contributed by atoms with van der Waals surface area (Å²) in [7, 11) is 0. The van der Waals surface area contributed by atoms with Gasteiger partial charge >= 0.3 is 0 Å². The van der Waals surface area contributed by atoms with Crippen LogP contribution in [0.5, 0.6) is 0 Å². The van der Waals surface area contributed by atoms with Gasteiger partial charge in [0.05, 0.1) is 0 Å². The number of likely N-dealkylation sites (tertiary alicyclic amines) is 1. The van der Waals surface area contributed by atoms with Crippen LogP contribution in [0.15, 0.2) is 24.3 Å². The fourth-order valence-electron chi connectivity index (χ4n) is 3.46. The predicted molar refractivity (Wildman–Crippen MR) is 84.8 cm³/mol. The number of hydrogen-bond acceptors (Lipinski definition) is 3. The van der Waals surface area contributed by atoms with Crippen molar-refractivity contribution in [3.63, 3.8) is 0 Å². The van der Waals surface area contributed by atoms with Gasteiger partial charge in [-0.3, -0.25) is 4.90 Å². The Labute approximate surface area is 122 Å². The monoisotopic (exact) mass is 273 g/mol. The van der Waals surface area contributed by atoms with Crippen LogP contribution in [0, 0.1) is 0 Å². The van der Waals surface area contributed by atoms with Crippen LogP contribution in [0.4, 0.5) is 5.69 Å². The van der Waals surface area contributed by atoms with Crippen LogP contribution in [0.2, 0.25) is 0 Å². The van der Waals surface area contributed by atoms with E-state index in [2.05, 4.69) is 34.5 Å². The first-order chi connectivity index (χ1) is 9.79. The molecule has 0 radical (unpaired) electrons. The highest BCUT2D eigenvalue weighted by atomic mass is 15.1. The first kappa shape index (κ1) is 13.9. The number of hydrogen-bond donors (Lipinski definition) is 2. The lowest BCUT2D eigenvalue weighted by molar-refractivity contribution is 0.331. The van der Waals surface area contributed by atoms with Gasteiger partial charge in [0.1, 0.15) is 0 Å². The van der Waals surface area contributed by atoms with Gasteiger partial charge in [0.25, 0.3) is 0 Å². The lowest BCUT2D eigenvalue weighted by Gasteiger charge is -2.28. The van der Waals surface area contributed by atoms with Crippen LogP contribution in [0.1, 0.15) is 44.1 Å². The maximum atomic E-state index is 5.97. The van der Waals surface area contributed by atoms with Crippen LogP contribution >= 0.6 is 0 Å². The molecule has 2 aliphatic rings. The van der Waals surface area contributed by atoms with Gasteiger partial charge in [0.15, 0.2) is 0 Å². The van der Waals surface area contributed by atoms with Crippen LogP contribution < -0.4 is 11.1 Å². The van der Waals surface area contributed by atoms with Crippen LogP contribution in [-0.4, -0.2) is 30.1 Å². The van der Waals surface area contributed by atoms with Crippen molar-refractivity contribution in [1.82, 2.24) is 4.90 Å².